The SMILES string of the molecule is CCC(C)n1c(-c2ccc(C(C)C)cc2)ccc(C=O)c1=O. The molecular formula is C19H23NO2. The van der Waals surface area contributed by atoms with Gasteiger partial charge in [0.1, 0.15) is 0 Å². The average Bonchev–Trinajstić information content (AvgIpc) is 2.53. The highest BCUT2D eigenvalue weighted by molar-refractivity contribution is 5.75. The molecule has 0 saturated heterocycles. The molecule has 0 N–H and O–H groups in total. The number of aromatic nitrogens is 1. The Labute approximate surface area is 131 Å². The van der Waals surface area contributed by atoms with E-state index in [1.54, 1.807) is 10.6 Å². The molecule has 0 radical (unpaired) electrons. The summed E-state index contributed by atoms with van der Waals surface area (Å²) >= 11 is 0. The Morgan fingerprint density at radius 2 is 1.68 bits per heavy atom. The summed E-state index contributed by atoms with van der Waals surface area (Å²) in [5.74, 6) is 0.475. The van der Waals surface area contributed by atoms with Crippen molar-refractivity contribution in [3.8, 4) is 11.3 Å². The van der Waals surface area contributed by atoms with Crippen LogP contribution in [0.5, 0.6) is 0 Å². The lowest BCUT2D eigenvalue weighted by Gasteiger charge is -2.19. The van der Waals surface area contributed by atoms with E-state index in [1.807, 2.05) is 32.0 Å². The number of carbonyl (C=O) groups is 1. The summed E-state index contributed by atoms with van der Waals surface area (Å²) in [7, 11) is 0. The first kappa shape index (κ1) is 16.2. The molecule has 2 rings (SSSR count). The van der Waals surface area contributed by atoms with Crippen molar-refractivity contribution in [1.29, 1.82) is 0 Å². The second kappa shape index (κ2) is 6.73. The zero-order valence-corrected chi connectivity index (χ0v) is 13.7. The number of pyridine rings is 1. The lowest BCUT2D eigenvalue weighted by Crippen LogP contribution is -2.27. The summed E-state index contributed by atoms with van der Waals surface area (Å²) in [6.07, 6.45) is 1.46. The van der Waals surface area contributed by atoms with Gasteiger partial charge >= 0.3 is 0 Å². The molecule has 116 valence electrons. The van der Waals surface area contributed by atoms with Crippen LogP contribution in [0.1, 0.15) is 62.0 Å². The van der Waals surface area contributed by atoms with Gasteiger partial charge in [-0.25, -0.2) is 0 Å². The molecule has 0 bridgehead atoms. The maximum Gasteiger partial charge on any atom is 0.261 e. The highest BCUT2D eigenvalue weighted by Gasteiger charge is 2.14. The van der Waals surface area contributed by atoms with Crippen molar-refractivity contribution < 1.29 is 4.79 Å². The molecule has 0 aliphatic rings. The molecule has 0 amide bonds. The predicted octanol–water partition coefficient (Wildman–Crippen LogP) is 4.42. The molecule has 0 fully saturated rings. The normalized spacial score (nSPS) is 12.4. The first-order valence-corrected chi connectivity index (χ1v) is 7.80. The first-order chi connectivity index (χ1) is 10.5. The second-order valence-corrected chi connectivity index (χ2v) is 6.00. The highest BCUT2D eigenvalue weighted by atomic mass is 16.1. The number of rotatable bonds is 5. The fraction of sp³-hybridized carbons (Fsp3) is 0.368. The predicted molar refractivity (Wildman–Crippen MR) is 90.6 cm³/mol. The van der Waals surface area contributed by atoms with E-state index < -0.39 is 0 Å². The third-order valence-corrected chi connectivity index (χ3v) is 4.18. The molecule has 22 heavy (non-hydrogen) atoms. The number of nitrogens with zero attached hydrogens (tertiary/aromatic N) is 1. The Bertz CT molecular complexity index is 711. The Morgan fingerprint density at radius 1 is 1.05 bits per heavy atom. The molecule has 1 aromatic carbocycles. The average molecular weight is 297 g/mol. The van der Waals surface area contributed by atoms with Gasteiger partial charge in [0.05, 0.1) is 11.3 Å². The van der Waals surface area contributed by atoms with Gasteiger partial charge in [-0.1, -0.05) is 45.0 Å². The van der Waals surface area contributed by atoms with Gasteiger partial charge in [-0.3, -0.25) is 9.59 Å². The number of hydrogen-bond donors (Lipinski definition) is 0. The molecule has 2 aromatic rings. The monoisotopic (exact) mass is 297 g/mol. The number of aldehydes is 1. The fourth-order valence-electron chi connectivity index (χ4n) is 2.55. The molecule has 0 spiro atoms. The van der Waals surface area contributed by atoms with Crippen LogP contribution in [-0.4, -0.2) is 10.9 Å². The molecule has 1 unspecified atom stereocenters. The lowest BCUT2D eigenvalue weighted by atomic mass is 10.00. The van der Waals surface area contributed by atoms with Gasteiger partial charge in [-0.2, -0.15) is 0 Å². The van der Waals surface area contributed by atoms with Crippen molar-refractivity contribution in [3.63, 3.8) is 0 Å². The van der Waals surface area contributed by atoms with Crippen LogP contribution < -0.4 is 5.56 Å². The Kier molecular flexibility index (Phi) is 4.96. The molecule has 0 aliphatic carbocycles. The summed E-state index contributed by atoms with van der Waals surface area (Å²) in [4.78, 5) is 23.5. The molecule has 0 saturated carbocycles. The molecule has 1 atom stereocenters. The van der Waals surface area contributed by atoms with Gasteiger partial charge in [0.15, 0.2) is 6.29 Å². The van der Waals surface area contributed by atoms with Crippen LogP contribution in [0, 0.1) is 0 Å². The van der Waals surface area contributed by atoms with Crippen LogP contribution in [-0.2, 0) is 0 Å². The van der Waals surface area contributed by atoms with Crippen LogP contribution in [0.3, 0.4) is 0 Å². The third-order valence-electron chi connectivity index (χ3n) is 4.18. The molecule has 1 aromatic heterocycles. The summed E-state index contributed by atoms with van der Waals surface area (Å²) in [5, 5.41) is 0. The minimum atomic E-state index is -0.213. The van der Waals surface area contributed by atoms with E-state index in [2.05, 4.69) is 26.0 Å². The second-order valence-electron chi connectivity index (χ2n) is 6.00. The highest BCUT2D eigenvalue weighted by Crippen LogP contribution is 2.25. The van der Waals surface area contributed by atoms with Gasteiger partial charge < -0.3 is 4.57 Å². The Morgan fingerprint density at radius 3 is 2.18 bits per heavy atom. The fourth-order valence-corrected chi connectivity index (χ4v) is 2.55. The van der Waals surface area contributed by atoms with Crippen molar-refractivity contribution in [2.24, 2.45) is 0 Å². The largest absolute Gasteiger partial charge is 0.305 e. The smallest absolute Gasteiger partial charge is 0.261 e. The number of hydrogen-bond acceptors (Lipinski definition) is 2. The number of benzene rings is 1. The summed E-state index contributed by atoms with van der Waals surface area (Å²) in [5.41, 5.74) is 3.13. The van der Waals surface area contributed by atoms with Gasteiger partial charge in [0, 0.05) is 6.04 Å². The third kappa shape index (κ3) is 3.03. The van der Waals surface area contributed by atoms with E-state index in [9.17, 15) is 9.59 Å². The maximum absolute atomic E-state index is 12.5. The van der Waals surface area contributed by atoms with Crippen LogP contribution in [0.2, 0.25) is 0 Å². The van der Waals surface area contributed by atoms with E-state index >= 15 is 0 Å². The number of carbonyl (C=O) groups excluding carboxylic acids is 1. The molecule has 0 aliphatic heterocycles. The van der Waals surface area contributed by atoms with Gasteiger partial charge in [-0.15, -0.1) is 0 Å². The quantitative estimate of drug-likeness (QED) is 0.766. The van der Waals surface area contributed by atoms with E-state index in [0.29, 0.717) is 12.2 Å². The first-order valence-electron chi connectivity index (χ1n) is 7.80. The Balaban J connectivity index is 2.61. The molecule has 1 heterocycles. The van der Waals surface area contributed by atoms with E-state index in [0.717, 1.165) is 17.7 Å². The minimum absolute atomic E-state index is 0.0483. The van der Waals surface area contributed by atoms with Crippen LogP contribution in [0.15, 0.2) is 41.2 Å². The maximum atomic E-state index is 12.5. The van der Waals surface area contributed by atoms with Crippen LogP contribution in [0.25, 0.3) is 11.3 Å². The van der Waals surface area contributed by atoms with Gasteiger partial charge in [0.2, 0.25) is 0 Å². The van der Waals surface area contributed by atoms with E-state index in [4.69, 9.17) is 0 Å². The summed E-state index contributed by atoms with van der Waals surface area (Å²) in [6.45, 7) is 8.35. The van der Waals surface area contributed by atoms with Crippen LogP contribution >= 0.6 is 0 Å². The van der Waals surface area contributed by atoms with Crippen LogP contribution in [0.4, 0.5) is 0 Å². The molecule has 3 heteroatoms. The Hall–Kier alpha value is -2.16. The van der Waals surface area contributed by atoms with Crippen molar-refractivity contribution in [2.75, 3.05) is 0 Å². The van der Waals surface area contributed by atoms with E-state index in [1.165, 1.54) is 5.56 Å². The molecular weight excluding hydrogens is 274 g/mol. The van der Waals surface area contributed by atoms with E-state index in [-0.39, 0.29) is 17.2 Å². The van der Waals surface area contributed by atoms with Crippen molar-refractivity contribution >= 4 is 6.29 Å². The topological polar surface area (TPSA) is 39.1 Å². The summed E-state index contributed by atoms with van der Waals surface area (Å²) < 4.78 is 1.73. The minimum Gasteiger partial charge on any atom is -0.305 e. The van der Waals surface area contributed by atoms with Gasteiger partial charge in [0.25, 0.3) is 5.56 Å². The van der Waals surface area contributed by atoms with Crippen molar-refractivity contribution in [1.82, 2.24) is 4.57 Å². The van der Waals surface area contributed by atoms with Crippen molar-refractivity contribution in [3.05, 3.63) is 57.9 Å². The lowest BCUT2D eigenvalue weighted by molar-refractivity contribution is 0.112. The van der Waals surface area contributed by atoms with Crippen molar-refractivity contribution in [2.45, 2.75) is 46.1 Å². The zero-order valence-electron chi connectivity index (χ0n) is 13.7. The standard InChI is InChI=1S/C19H23NO2/c1-5-14(4)20-18(11-10-17(12-21)19(20)22)16-8-6-15(7-9-16)13(2)3/h6-14H,5H2,1-4H3. The zero-order chi connectivity index (χ0) is 16.3. The summed E-state index contributed by atoms with van der Waals surface area (Å²) in [6, 6.07) is 11.8. The molecule has 3 nitrogen and oxygen atoms in total. The van der Waals surface area contributed by atoms with Gasteiger partial charge in [-0.05, 0) is 42.5 Å².